The van der Waals surface area contributed by atoms with E-state index in [9.17, 15) is 9.18 Å². The maximum atomic E-state index is 14.9. The molecule has 4 rings (SSSR count). The van der Waals surface area contributed by atoms with Crippen LogP contribution in [-0.2, 0) is 0 Å². The molecule has 3 aliphatic rings. The number of nitrogens with zero attached hydrogens (tertiary/aromatic N) is 4. The molecule has 7 heteroatoms. The molecule has 1 aromatic rings. The highest BCUT2D eigenvalue weighted by atomic mass is 19.1. The third-order valence-corrected chi connectivity index (χ3v) is 7.69. The van der Waals surface area contributed by atoms with Gasteiger partial charge in [0.05, 0.1) is 5.69 Å². The Kier molecular flexibility index (Phi) is 7.89. The van der Waals surface area contributed by atoms with Crippen molar-refractivity contribution >= 4 is 17.4 Å². The fourth-order valence-electron chi connectivity index (χ4n) is 5.53. The first-order valence-electron chi connectivity index (χ1n) is 12.5. The standard InChI is InChI=1S/C25H40FN5O/c1-28-14-16-30(17-15-28)22-10-6-7-13-31(19-22)25(32)27-20-11-12-24(23(26)18-20)29(2)21-8-4-3-5-9-21/h11-12,18,21-22H,3-10,13-17,19H2,1-2H3,(H,27,32). The van der Waals surface area contributed by atoms with E-state index < -0.39 is 0 Å². The molecule has 1 aliphatic carbocycles. The van der Waals surface area contributed by atoms with Crippen LogP contribution in [0.1, 0.15) is 51.4 Å². The second kappa shape index (κ2) is 10.8. The second-order valence-electron chi connectivity index (χ2n) is 9.93. The number of halogens is 1. The van der Waals surface area contributed by atoms with Gasteiger partial charge in [-0.05, 0) is 50.9 Å². The van der Waals surface area contributed by atoms with Crippen molar-refractivity contribution in [3.8, 4) is 0 Å². The van der Waals surface area contributed by atoms with Gasteiger partial charge in [0.15, 0.2) is 0 Å². The third kappa shape index (κ3) is 5.73. The molecule has 0 aromatic heterocycles. The van der Waals surface area contributed by atoms with Crippen LogP contribution in [0.2, 0.25) is 0 Å². The van der Waals surface area contributed by atoms with E-state index in [1.54, 1.807) is 0 Å². The average Bonchev–Trinajstić information content (AvgIpc) is 3.06. The maximum absolute atomic E-state index is 14.9. The average molecular weight is 446 g/mol. The number of urea groups is 1. The molecule has 2 saturated heterocycles. The fourth-order valence-corrected chi connectivity index (χ4v) is 5.53. The van der Waals surface area contributed by atoms with Crippen LogP contribution < -0.4 is 10.2 Å². The largest absolute Gasteiger partial charge is 0.369 e. The Labute approximate surface area is 192 Å². The molecule has 1 unspecified atom stereocenters. The predicted molar refractivity (Wildman–Crippen MR) is 129 cm³/mol. The van der Waals surface area contributed by atoms with Gasteiger partial charge in [0, 0.05) is 64.1 Å². The Hall–Kier alpha value is -1.86. The molecule has 3 fully saturated rings. The zero-order valence-corrected chi connectivity index (χ0v) is 19.9. The van der Waals surface area contributed by atoms with Gasteiger partial charge in [-0.3, -0.25) is 4.90 Å². The molecule has 1 N–H and O–H groups in total. The van der Waals surface area contributed by atoms with E-state index in [1.807, 2.05) is 24.1 Å². The first-order chi connectivity index (χ1) is 15.5. The number of carbonyl (C=O) groups excluding carboxylic acids is 1. The van der Waals surface area contributed by atoms with Crippen molar-refractivity contribution in [1.29, 1.82) is 0 Å². The van der Waals surface area contributed by atoms with Gasteiger partial charge in [-0.15, -0.1) is 0 Å². The molecule has 2 aliphatic heterocycles. The number of nitrogens with one attached hydrogen (secondary N) is 1. The van der Waals surface area contributed by atoms with Crippen LogP contribution >= 0.6 is 0 Å². The number of amides is 2. The quantitative estimate of drug-likeness (QED) is 0.753. The van der Waals surface area contributed by atoms with Gasteiger partial charge < -0.3 is 20.0 Å². The monoisotopic (exact) mass is 445 g/mol. The Bertz CT molecular complexity index is 761. The van der Waals surface area contributed by atoms with Gasteiger partial charge in [-0.2, -0.15) is 0 Å². The van der Waals surface area contributed by atoms with Crippen LogP contribution in [0.5, 0.6) is 0 Å². The SMILES string of the molecule is CN1CCN(C2CCCCN(C(=O)Nc3ccc(N(C)C4CCCCC4)c(F)c3)C2)CC1. The van der Waals surface area contributed by atoms with Crippen molar-refractivity contribution in [2.24, 2.45) is 0 Å². The summed E-state index contributed by atoms with van der Waals surface area (Å²) in [5.74, 6) is -0.262. The first-order valence-corrected chi connectivity index (χ1v) is 12.5. The highest BCUT2D eigenvalue weighted by Gasteiger charge is 2.28. The van der Waals surface area contributed by atoms with E-state index in [0.29, 0.717) is 23.5 Å². The topological polar surface area (TPSA) is 42.1 Å². The highest BCUT2D eigenvalue weighted by molar-refractivity contribution is 5.89. The number of likely N-dealkylation sites (N-methyl/N-ethyl adjacent to an activating group) is 1. The van der Waals surface area contributed by atoms with E-state index in [4.69, 9.17) is 0 Å². The van der Waals surface area contributed by atoms with Gasteiger partial charge in [0.2, 0.25) is 0 Å². The van der Waals surface area contributed by atoms with Crippen LogP contribution in [-0.4, -0.2) is 86.2 Å². The molecule has 1 saturated carbocycles. The molecule has 1 atom stereocenters. The molecular weight excluding hydrogens is 405 g/mol. The Morgan fingerprint density at radius 2 is 1.72 bits per heavy atom. The van der Waals surface area contributed by atoms with Gasteiger partial charge in [0.1, 0.15) is 5.82 Å². The molecule has 0 bridgehead atoms. The number of hydrogen-bond acceptors (Lipinski definition) is 4. The number of rotatable bonds is 4. The number of anilines is 2. The molecule has 0 radical (unpaired) electrons. The smallest absolute Gasteiger partial charge is 0.321 e. The Morgan fingerprint density at radius 1 is 1.00 bits per heavy atom. The summed E-state index contributed by atoms with van der Waals surface area (Å²) in [7, 11) is 4.16. The summed E-state index contributed by atoms with van der Waals surface area (Å²) in [6.45, 7) is 5.82. The van der Waals surface area contributed by atoms with Crippen LogP contribution in [0.4, 0.5) is 20.6 Å². The molecule has 0 spiro atoms. The summed E-state index contributed by atoms with van der Waals surface area (Å²) >= 11 is 0. The van der Waals surface area contributed by atoms with Crippen molar-refractivity contribution in [1.82, 2.24) is 14.7 Å². The lowest BCUT2D eigenvalue weighted by atomic mass is 9.94. The minimum absolute atomic E-state index is 0.112. The summed E-state index contributed by atoms with van der Waals surface area (Å²) in [5.41, 5.74) is 1.16. The highest BCUT2D eigenvalue weighted by Crippen LogP contribution is 2.29. The Morgan fingerprint density at radius 3 is 2.44 bits per heavy atom. The summed E-state index contributed by atoms with van der Waals surface area (Å²) < 4.78 is 14.9. The lowest BCUT2D eigenvalue weighted by molar-refractivity contribution is 0.0948. The fraction of sp³-hybridized carbons (Fsp3) is 0.720. The second-order valence-corrected chi connectivity index (χ2v) is 9.93. The maximum Gasteiger partial charge on any atom is 0.321 e. The first kappa shape index (κ1) is 23.3. The molecule has 178 valence electrons. The number of likely N-dealkylation sites (tertiary alicyclic amines) is 1. The number of carbonyl (C=O) groups is 1. The van der Waals surface area contributed by atoms with Crippen molar-refractivity contribution < 1.29 is 9.18 Å². The zero-order valence-electron chi connectivity index (χ0n) is 19.9. The summed E-state index contributed by atoms with van der Waals surface area (Å²) in [6, 6.07) is 5.84. The third-order valence-electron chi connectivity index (χ3n) is 7.69. The van der Waals surface area contributed by atoms with Crippen LogP contribution in [0, 0.1) is 5.82 Å². The lowest BCUT2D eigenvalue weighted by Gasteiger charge is -2.39. The van der Waals surface area contributed by atoms with Crippen LogP contribution in [0.15, 0.2) is 18.2 Å². The zero-order chi connectivity index (χ0) is 22.5. The van der Waals surface area contributed by atoms with Crippen LogP contribution in [0.25, 0.3) is 0 Å². The van der Waals surface area contributed by atoms with Gasteiger partial charge >= 0.3 is 6.03 Å². The molecule has 2 amide bonds. The summed E-state index contributed by atoms with van der Waals surface area (Å²) in [5, 5.41) is 2.96. The van der Waals surface area contributed by atoms with Crippen molar-refractivity contribution in [2.75, 3.05) is 63.6 Å². The molecule has 6 nitrogen and oxygen atoms in total. The number of benzene rings is 1. The molecular formula is C25H40FN5O. The van der Waals surface area contributed by atoms with E-state index >= 15 is 0 Å². The number of hydrogen-bond donors (Lipinski definition) is 1. The Balaban J connectivity index is 1.36. The number of piperazine rings is 1. The summed E-state index contributed by atoms with van der Waals surface area (Å²) in [4.78, 5) is 21.9. The minimum Gasteiger partial charge on any atom is -0.369 e. The normalized spacial score (nSPS) is 24.2. The predicted octanol–water partition coefficient (Wildman–Crippen LogP) is 4.23. The van der Waals surface area contributed by atoms with Crippen LogP contribution in [0.3, 0.4) is 0 Å². The van der Waals surface area contributed by atoms with Gasteiger partial charge in [-0.25, -0.2) is 9.18 Å². The van der Waals surface area contributed by atoms with E-state index in [0.717, 1.165) is 71.4 Å². The minimum atomic E-state index is -0.262. The van der Waals surface area contributed by atoms with Gasteiger partial charge in [-0.1, -0.05) is 25.7 Å². The van der Waals surface area contributed by atoms with Crippen molar-refractivity contribution in [3.05, 3.63) is 24.0 Å². The van der Waals surface area contributed by atoms with E-state index in [-0.39, 0.29) is 11.8 Å². The van der Waals surface area contributed by atoms with Gasteiger partial charge in [0.25, 0.3) is 0 Å². The molecule has 2 heterocycles. The van der Waals surface area contributed by atoms with Crippen molar-refractivity contribution in [2.45, 2.75) is 63.5 Å². The molecule has 1 aromatic carbocycles. The van der Waals surface area contributed by atoms with Crippen molar-refractivity contribution in [3.63, 3.8) is 0 Å². The van der Waals surface area contributed by atoms with E-state index in [2.05, 4.69) is 27.1 Å². The van der Waals surface area contributed by atoms with E-state index in [1.165, 1.54) is 25.3 Å². The molecule has 32 heavy (non-hydrogen) atoms. The summed E-state index contributed by atoms with van der Waals surface area (Å²) in [6.07, 6.45) is 9.28. The lowest BCUT2D eigenvalue weighted by Crippen LogP contribution is -2.52.